The fourth-order valence-corrected chi connectivity index (χ4v) is 2.45. The average Bonchev–Trinajstić information content (AvgIpc) is 2.35. The first-order valence-corrected chi connectivity index (χ1v) is 7.82. The summed E-state index contributed by atoms with van der Waals surface area (Å²) in [6, 6.07) is 0.505. The molecule has 0 bridgehead atoms. The fraction of sp³-hybridized carbons (Fsp3) is 0.857. The van der Waals surface area contributed by atoms with Crippen molar-refractivity contribution in [2.45, 2.75) is 53.5 Å². The summed E-state index contributed by atoms with van der Waals surface area (Å²) in [5.41, 5.74) is 1.77. The molecule has 2 nitrogen and oxygen atoms in total. The maximum atomic E-state index is 5.53. The van der Waals surface area contributed by atoms with Crippen molar-refractivity contribution in [1.82, 2.24) is 9.80 Å². The van der Waals surface area contributed by atoms with E-state index in [0.717, 1.165) is 37.5 Å². The largest absolute Gasteiger partial charge is 0.366 e. The Labute approximate surface area is 124 Å². The van der Waals surface area contributed by atoms with Crippen LogP contribution in [-0.2, 0) is 0 Å². The molecule has 0 radical (unpaired) electrons. The van der Waals surface area contributed by atoms with E-state index in [1.807, 2.05) is 0 Å². The number of hydrogen-bond donors (Lipinski definition) is 0. The normalized spacial score (nSPS) is 12.3. The lowest BCUT2D eigenvalue weighted by Gasteiger charge is -2.29. The zero-order valence-electron chi connectivity index (χ0n) is 12.5. The molecule has 0 amide bonds. The van der Waals surface area contributed by atoms with Crippen molar-refractivity contribution in [2.24, 2.45) is 5.92 Å². The number of hydrogen-bond acceptors (Lipinski definition) is 2. The number of thiocarbonyl (C=S) groups is 2. The summed E-state index contributed by atoms with van der Waals surface area (Å²) in [6.07, 6.45) is 2.04. The Bertz CT molecular complexity index is 254. The zero-order valence-corrected chi connectivity index (χ0v) is 14.1. The second kappa shape index (κ2) is 9.68. The van der Waals surface area contributed by atoms with Crippen LogP contribution in [0.4, 0.5) is 0 Å². The van der Waals surface area contributed by atoms with Gasteiger partial charge in [0.1, 0.15) is 0 Å². The lowest BCUT2D eigenvalue weighted by molar-refractivity contribution is 0.332. The molecule has 0 rings (SSSR count). The first kappa shape index (κ1) is 17.8. The van der Waals surface area contributed by atoms with E-state index < -0.39 is 0 Å². The second-order valence-electron chi connectivity index (χ2n) is 5.18. The molecule has 1 atom stereocenters. The highest BCUT2D eigenvalue weighted by Crippen LogP contribution is 2.07. The molecule has 18 heavy (non-hydrogen) atoms. The molecule has 106 valence electrons. The van der Waals surface area contributed by atoms with E-state index in [1.165, 1.54) is 0 Å². The van der Waals surface area contributed by atoms with E-state index in [-0.39, 0.29) is 0 Å². The van der Waals surface area contributed by atoms with Gasteiger partial charge in [0, 0.05) is 32.1 Å². The summed E-state index contributed by atoms with van der Waals surface area (Å²) < 4.78 is 0. The SMILES string of the molecule is CCC(C)N(C=S)CCC(=S)N(CC)CC(C)C. The quantitative estimate of drug-likeness (QED) is 0.596. The minimum Gasteiger partial charge on any atom is -0.366 e. The highest BCUT2D eigenvalue weighted by atomic mass is 32.1. The first-order chi connectivity index (χ1) is 8.46. The van der Waals surface area contributed by atoms with Gasteiger partial charge in [-0.2, -0.15) is 0 Å². The minimum absolute atomic E-state index is 0.505. The van der Waals surface area contributed by atoms with Gasteiger partial charge in [-0.25, -0.2) is 0 Å². The molecular formula is C14H28N2S2. The lowest BCUT2D eigenvalue weighted by Crippen LogP contribution is -2.37. The second-order valence-corrected chi connectivity index (χ2v) is 5.86. The third-order valence-electron chi connectivity index (χ3n) is 3.20. The van der Waals surface area contributed by atoms with Crippen molar-refractivity contribution in [3.63, 3.8) is 0 Å². The van der Waals surface area contributed by atoms with E-state index in [0.29, 0.717) is 12.0 Å². The van der Waals surface area contributed by atoms with E-state index in [1.54, 1.807) is 5.49 Å². The summed E-state index contributed by atoms with van der Waals surface area (Å²) in [5, 5.41) is 0. The standard InChI is InChI=1S/C14H28N2S2/c1-6-13(5)16(11-17)9-8-14(18)15(7-2)10-12(3)4/h11-13H,6-10H2,1-5H3. The number of rotatable bonds is 9. The van der Waals surface area contributed by atoms with E-state index >= 15 is 0 Å². The molecule has 1 unspecified atom stereocenters. The van der Waals surface area contributed by atoms with Gasteiger partial charge in [0.05, 0.1) is 10.5 Å². The molecule has 4 heteroatoms. The summed E-state index contributed by atoms with van der Waals surface area (Å²) in [4.78, 5) is 5.58. The third kappa shape index (κ3) is 6.64. The molecule has 0 saturated carbocycles. The summed E-state index contributed by atoms with van der Waals surface area (Å²) in [7, 11) is 0. The van der Waals surface area contributed by atoms with Crippen LogP contribution in [0.15, 0.2) is 0 Å². The Morgan fingerprint density at radius 1 is 1.22 bits per heavy atom. The van der Waals surface area contributed by atoms with Crippen molar-refractivity contribution in [2.75, 3.05) is 19.6 Å². The highest BCUT2D eigenvalue weighted by molar-refractivity contribution is 7.80. The average molecular weight is 289 g/mol. The molecule has 0 spiro atoms. The summed E-state index contributed by atoms with van der Waals surface area (Å²) in [5.74, 6) is 0.652. The molecule has 0 heterocycles. The first-order valence-electron chi connectivity index (χ1n) is 6.94. The zero-order chi connectivity index (χ0) is 14.1. The van der Waals surface area contributed by atoms with Gasteiger partial charge in [-0.15, -0.1) is 0 Å². The predicted molar refractivity (Wildman–Crippen MR) is 89.4 cm³/mol. The van der Waals surface area contributed by atoms with Crippen LogP contribution in [0.1, 0.15) is 47.5 Å². The van der Waals surface area contributed by atoms with Crippen LogP contribution in [0.3, 0.4) is 0 Å². The molecule has 0 fully saturated rings. The molecule has 0 aliphatic rings. The molecule has 0 aliphatic heterocycles. The van der Waals surface area contributed by atoms with Crippen LogP contribution in [-0.4, -0.2) is 46.0 Å². The van der Waals surface area contributed by atoms with Crippen LogP contribution >= 0.6 is 24.4 Å². The maximum absolute atomic E-state index is 5.53. The van der Waals surface area contributed by atoms with E-state index in [4.69, 9.17) is 24.4 Å². The van der Waals surface area contributed by atoms with Crippen molar-refractivity contribution >= 4 is 34.9 Å². The van der Waals surface area contributed by atoms with Crippen LogP contribution in [0.25, 0.3) is 0 Å². The van der Waals surface area contributed by atoms with Gasteiger partial charge < -0.3 is 9.80 Å². The Kier molecular flexibility index (Phi) is 9.56. The molecule has 0 aromatic rings. The van der Waals surface area contributed by atoms with Crippen LogP contribution in [0.2, 0.25) is 0 Å². The number of nitrogens with zero attached hydrogens (tertiary/aromatic N) is 2. The van der Waals surface area contributed by atoms with Gasteiger partial charge in [0.25, 0.3) is 0 Å². The van der Waals surface area contributed by atoms with Crippen molar-refractivity contribution in [3.8, 4) is 0 Å². The van der Waals surface area contributed by atoms with Crippen molar-refractivity contribution in [1.29, 1.82) is 0 Å². The smallest absolute Gasteiger partial charge is 0.0797 e. The van der Waals surface area contributed by atoms with Gasteiger partial charge in [0.15, 0.2) is 0 Å². The Balaban J connectivity index is 4.24. The van der Waals surface area contributed by atoms with Gasteiger partial charge in [-0.3, -0.25) is 0 Å². The van der Waals surface area contributed by atoms with Gasteiger partial charge >= 0.3 is 0 Å². The van der Waals surface area contributed by atoms with Crippen LogP contribution < -0.4 is 0 Å². The van der Waals surface area contributed by atoms with Gasteiger partial charge in [-0.1, -0.05) is 45.2 Å². The van der Waals surface area contributed by atoms with E-state index in [2.05, 4.69) is 44.4 Å². The van der Waals surface area contributed by atoms with Crippen molar-refractivity contribution < 1.29 is 0 Å². The molecule has 0 aromatic carbocycles. The molecule has 0 aromatic heterocycles. The Morgan fingerprint density at radius 3 is 2.22 bits per heavy atom. The van der Waals surface area contributed by atoms with Gasteiger partial charge in [0.2, 0.25) is 0 Å². The summed E-state index contributed by atoms with van der Waals surface area (Å²) >= 11 is 10.6. The van der Waals surface area contributed by atoms with E-state index in [9.17, 15) is 0 Å². The molecule has 0 saturated heterocycles. The predicted octanol–water partition coefficient (Wildman–Crippen LogP) is 3.74. The Morgan fingerprint density at radius 2 is 1.83 bits per heavy atom. The van der Waals surface area contributed by atoms with Crippen LogP contribution in [0, 0.1) is 5.92 Å². The molecule has 0 N–H and O–H groups in total. The molecule has 0 aliphatic carbocycles. The minimum atomic E-state index is 0.505. The maximum Gasteiger partial charge on any atom is 0.0797 e. The topological polar surface area (TPSA) is 6.48 Å². The van der Waals surface area contributed by atoms with Crippen molar-refractivity contribution in [3.05, 3.63) is 0 Å². The monoisotopic (exact) mass is 288 g/mol. The van der Waals surface area contributed by atoms with Crippen LogP contribution in [0.5, 0.6) is 0 Å². The van der Waals surface area contributed by atoms with Gasteiger partial charge in [-0.05, 0) is 26.2 Å². The Hall–Kier alpha value is -0.220. The molecular weight excluding hydrogens is 260 g/mol. The third-order valence-corrected chi connectivity index (χ3v) is 3.93. The summed E-state index contributed by atoms with van der Waals surface area (Å²) in [6.45, 7) is 14.0. The fourth-order valence-electron chi connectivity index (χ4n) is 1.84. The highest BCUT2D eigenvalue weighted by Gasteiger charge is 2.12. The lowest BCUT2D eigenvalue weighted by atomic mass is 10.2.